The van der Waals surface area contributed by atoms with E-state index in [1.54, 1.807) is 13.0 Å². The van der Waals surface area contributed by atoms with Gasteiger partial charge >= 0.3 is 0 Å². The van der Waals surface area contributed by atoms with Crippen molar-refractivity contribution >= 4 is 34.8 Å². The smallest absolute Gasteiger partial charge is 0.274 e. The van der Waals surface area contributed by atoms with Crippen molar-refractivity contribution in [3.05, 3.63) is 59.0 Å². The van der Waals surface area contributed by atoms with Crippen molar-refractivity contribution in [3.63, 3.8) is 0 Å². The van der Waals surface area contributed by atoms with Gasteiger partial charge in [-0.25, -0.2) is 14.4 Å². The predicted octanol–water partition coefficient (Wildman–Crippen LogP) is 3.56. The summed E-state index contributed by atoms with van der Waals surface area (Å²) in [5.74, 6) is 0.423. The molecule has 0 spiro atoms. The highest BCUT2D eigenvalue weighted by Gasteiger charge is 2.11. The molecule has 122 valence electrons. The minimum atomic E-state index is -0.564. The maximum absolute atomic E-state index is 13.1. The van der Waals surface area contributed by atoms with Gasteiger partial charge in [-0.05, 0) is 25.1 Å². The first-order valence-corrected chi connectivity index (χ1v) is 7.18. The number of carbonyl (C=O) groups is 1. The summed E-state index contributed by atoms with van der Waals surface area (Å²) in [6, 6.07) is 7.01. The third-order valence-corrected chi connectivity index (χ3v) is 3.25. The normalized spacial score (nSPS) is 10.5. The fourth-order valence-electron chi connectivity index (χ4n) is 1.88. The summed E-state index contributed by atoms with van der Waals surface area (Å²) in [5, 5.41) is 9.16. The maximum atomic E-state index is 13.1. The molecule has 0 aliphatic carbocycles. The van der Waals surface area contributed by atoms with Gasteiger partial charge < -0.3 is 15.2 Å². The van der Waals surface area contributed by atoms with Crippen LogP contribution in [0.4, 0.5) is 21.7 Å². The van der Waals surface area contributed by atoms with E-state index in [1.165, 1.54) is 24.5 Å². The van der Waals surface area contributed by atoms with E-state index in [2.05, 4.69) is 25.8 Å². The lowest BCUT2D eigenvalue weighted by Gasteiger charge is -2.07. The number of anilines is 3. The van der Waals surface area contributed by atoms with Crippen LogP contribution in [0.25, 0.3) is 0 Å². The number of nitrogens with one attached hydrogen (secondary N) is 2. The van der Waals surface area contributed by atoms with Gasteiger partial charge in [-0.1, -0.05) is 16.8 Å². The van der Waals surface area contributed by atoms with Crippen LogP contribution in [-0.4, -0.2) is 21.0 Å². The molecule has 2 N–H and O–H groups in total. The number of hydrogen-bond donors (Lipinski definition) is 2. The number of hydrogen-bond acceptors (Lipinski definition) is 6. The average Bonchev–Trinajstić information content (AvgIpc) is 2.96. The summed E-state index contributed by atoms with van der Waals surface area (Å²) in [6.07, 6.45) is 1.24. The highest BCUT2D eigenvalue weighted by Crippen LogP contribution is 2.20. The first kappa shape index (κ1) is 15.9. The molecule has 9 heteroatoms. The summed E-state index contributed by atoms with van der Waals surface area (Å²) in [6.45, 7) is 1.75. The lowest BCUT2D eigenvalue weighted by atomic mass is 10.3. The zero-order chi connectivity index (χ0) is 17.1. The van der Waals surface area contributed by atoms with E-state index in [4.69, 9.17) is 16.1 Å². The van der Waals surface area contributed by atoms with Crippen molar-refractivity contribution in [2.24, 2.45) is 0 Å². The molecule has 0 saturated carbocycles. The number of rotatable bonds is 4. The van der Waals surface area contributed by atoms with Crippen molar-refractivity contribution in [3.8, 4) is 0 Å². The fraction of sp³-hybridized carbons (Fsp3) is 0.0667. The van der Waals surface area contributed by atoms with Crippen LogP contribution in [0.15, 0.2) is 41.2 Å². The van der Waals surface area contributed by atoms with Gasteiger partial charge in [0.2, 0.25) is 0 Å². The van der Waals surface area contributed by atoms with Gasteiger partial charge in [0.25, 0.3) is 5.91 Å². The first-order valence-electron chi connectivity index (χ1n) is 6.80. The second kappa shape index (κ2) is 6.63. The van der Waals surface area contributed by atoms with Crippen molar-refractivity contribution in [1.29, 1.82) is 0 Å². The van der Waals surface area contributed by atoms with Gasteiger partial charge in [-0.3, -0.25) is 4.79 Å². The summed E-state index contributed by atoms with van der Waals surface area (Å²) >= 11 is 5.68. The Bertz CT molecular complexity index is 899. The van der Waals surface area contributed by atoms with E-state index in [1.807, 2.05) is 0 Å². The van der Waals surface area contributed by atoms with Crippen molar-refractivity contribution in [2.45, 2.75) is 6.92 Å². The second-order valence-corrected chi connectivity index (χ2v) is 5.23. The summed E-state index contributed by atoms with van der Waals surface area (Å²) in [7, 11) is 0. The van der Waals surface area contributed by atoms with E-state index < -0.39 is 11.7 Å². The Morgan fingerprint density at radius 2 is 2.04 bits per heavy atom. The number of halogens is 2. The Hall–Kier alpha value is -3.00. The number of carbonyl (C=O) groups excluding carboxylic acids is 1. The van der Waals surface area contributed by atoms with Crippen LogP contribution >= 0.6 is 11.6 Å². The van der Waals surface area contributed by atoms with Gasteiger partial charge in [-0.15, -0.1) is 0 Å². The van der Waals surface area contributed by atoms with E-state index in [-0.39, 0.29) is 10.7 Å². The lowest BCUT2D eigenvalue weighted by molar-refractivity contribution is 0.102. The van der Waals surface area contributed by atoms with Crippen molar-refractivity contribution in [1.82, 2.24) is 15.1 Å². The SMILES string of the molecule is Cc1cc(Nc2cc(C(=O)Nc3ccc(F)c(Cl)c3)ncn2)no1. The molecule has 0 radical (unpaired) electrons. The Kier molecular flexibility index (Phi) is 4.39. The molecule has 2 aromatic heterocycles. The van der Waals surface area contributed by atoms with Gasteiger partial charge in [0.15, 0.2) is 5.82 Å². The first-order chi connectivity index (χ1) is 11.5. The molecule has 3 rings (SSSR count). The van der Waals surface area contributed by atoms with Crippen LogP contribution in [0.5, 0.6) is 0 Å². The Balaban J connectivity index is 1.75. The molecule has 0 bridgehead atoms. The van der Waals surface area contributed by atoms with Crippen LogP contribution < -0.4 is 10.6 Å². The number of amides is 1. The van der Waals surface area contributed by atoms with Gasteiger partial charge in [0.05, 0.1) is 5.02 Å². The van der Waals surface area contributed by atoms with Gasteiger partial charge in [0.1, 0.15) is 29.4 Å². The van der Waals surface area contributed by atoms with Crippen LogP contribution in [0, 0.1) is 12.7 Å². The van der Waals surface area contributed by atoms with Crippen LogP contribution in [0.2, 0.25) is 5.02 Å². The molecule has 0 atom stereocenters. The van der Waals surface area contributed by atoms with Gasteiger partial charge in [-0.2, -0.15) is 0 Å². The van der Waals surface area contributed by atoms with Crippen LogP contribution in [-0.2, 0) is 0 Å². The zero-order valence-corrected chi connectivity index (χ0v) is 13.1. The fourth-order valence-corrected chi connectivity index (χ4v) is 2.06. The molecule has 7 nitrogen and oxygen atoms in total. The zero-order valence-electron chi connectivity index (χ0n) is 12.4. The summed E-state index contributed by atoms with van der Waals surface area (Å²) < 4.78 is 18.1. The minimum absolute atomic E-state index is 0.0840. The number of benzene rings is 1. The third kappa shape index (κ3) is 3.66. The second-order valence-electron chi connectivity index (χ2n) is 4.82. The van der Waals surface area contributed by atoms with E-state index in [0.29, 0.717) is 23.1 Å². The highest BCUT2D eigenvalue weighted by molar-refractivity contribution is 6.31. The molecule has 0 saturated heterocycles. The molecule has 1 amide bonds. The summed E-state index contributed by atoms with van der Waals surface area (Å²) in [4.78, 5) is 20.1. The molecule has 0 unspecified atom stereocenters. The Morgan fingerprint density at radius 1 is 1.21 bits per heavy atom. The summed E-state index contributed by atoms with van der Waals surface area (Å²) in [5.41, 5.74) is 0.472. The molecule has 3 aromatic rings. The Morgan fingerprint density at radius 3 is 2.75 bits per heavy atom. The predicted molar refractivity (Wildman–Crippen MR) is 85.9 cm³/mol. The molecule has 24 heavy (non-hydrogen) atoms. The van der Waals surface area contributed by atoms with Crippen molar-refractivity contribution < 1.29 is 13.7 Å². The molecule has 2 heterocycles. The standard InChI is InChI=1S/C15H11ClFN5O2/c1-8-4-14(22-24-8)21-13-6-12(18-7-19-13)15(23)20-9-2-3-11(17)10(16)5-9/h2-7H,1H3,(H,20,23)(H,18,19,21,22). The molecule has 0 aliphatic rings. The van der Waals surface area contributed by atoms with E-state index in [0.717, 1.165) is 6.07 Å². The van der Waals surface area contributed by atoms with Crippen LogP contribution in [0.1, 0.15) is 16.2 Å². The minimum Gasteiger partial charge on any atom is -0.360 e. The molecular formula is C15H11ClFN5O2. The lowest BCUT2D eigenvalue weighted by Crippen LogP contribution is -2.14. The topological polar surface area (TPSA) is 92.9 Å². The van der Waals surface area contributed by atoms with Gasteiger partial charge in [0, 0.05) is 17.8 Å². The molecule has 1 aromatic carbocycles. The number of aromatic nitrogens is 3. The van der Waals surface area contributed by atoms with Crippen LogP contribution in [0.3, 0.4) is 0 Å². The maximum Gasteiger partial charge on any atom is 0.274 e. The Labute approximate surface area is 140 Å². The highest BCUT2D eigenvalue weighted by atomic mass is 35.5. The molecule has 0 fully saturated rings. The largest absolute Gasteiger partial charge is 0.360 e. The van der Waals surface area contributed by atoms with E-state index in [9.17, 15) is 9.18 Å². The third-order valence-electron chi connectivity index (χ3n) is 2.96. The van der Waals surface area contributed by atoms with Crippen molar-refractivity contribution in [2.75, 3.05) is 10.6 Å². The quantitative estimate of drug-likeness (QED) is 0.749. The molecule has 0 aliphatic heterocycles. The molecular weight excluding hydrogens is 337 g/mol. The monoisotopic (exact) mass is 347 g/mol. The average molecular weight is 348 g/mol. The number of aryl methyl sites for hydroxylation is 1. The number of nitrogens with zero attached hydrogens (tertiary/aromatic N) is 3. The van der Waals surface area contributed by atoms with E-state index >= 15 is 0 Å².